The van der Waals surface area contributed by atoms with Crippen molar-refractivity contribution in [3.63, 3.8) is 0 Å². The Kier molecular flexibility index (Phi) is 4.12. The first-order chi connectivity index (χ1) is 9.13. The van der Waals surface area contributed by atoms with E-state index in [1.54, 1.807) is 0 Å². The Morgan fingerprint density at radius 1 is 1.32 bits per heavy atom. The zero-order valence-electron chi connectivity index (χ0n) is 10.9. The molecule has 0 atom stereocenters. The number of nitrogens with zero attached hydrogens (tertiary/aromatic N) is 2. The highest BCUT2D eigenvalue weighted by Crippen LogP contribution is 2.15. The maximum atomic E-state index is 11.6. The molecule has 0 aliphatic rings. The van der Waals surface area contributed by atoms with Crippen molar-refractivity contribution in [2.45, 2.75) is 20.4 Å². The summed E-state index contributed by atoms with van der Waals surface area (Å²) in [5.74, 6) is 1.11. The molecule has 1 amide bonds. The van der Waals surface area contributed by atoms with Crippen molar-refractivity contribution in [3.05, 3.63) is 41.5 Å². The van der Waals surface area contributed by atoms with Crippen LogP contribution in [0.4, 0.5) is 0 Å². The Labute approximate surface area is 111 Å². The van der Waals surface area contributed by atoms with Gasteiger partial charge in [-0.05, 0) is 37.1 Å². The fraction of sp³-hybridized carbons (Fsp3) is 0.308. The molecule has 6 heteroatoms. The summed E-state index contributed by atoms with van der Waals surface area (Å²) in [6, 6.07) is 5.85. The van der Waals surface area contributed by atoms with E-state index in [9.17, 15) is 4.79 Å². The average molecular weight is 260 g/mol. The third kappa shape index (κ3) is 4.09. The Hall–Kier alpha value is -2.37. The number of hydrogen-bond acceptors (Lipinski definition) is 4. The summed E-state index contributed by atoms with van der Waals surface area (Å²) in [6.45, 7) is 4.28. The lowest BCUT2D eigenvalue weighted by molar-refractivity contribution is -0.123. The van der Waals surface area contributed by atoms with Gasteiger partial charge in [0.2, 0.25) is 0 Å². The molecule has 6 nitrogen and oxygen atoms in total. The molecule has 0 aliphatic heterocycles. The molecule has 0 fully saturated rings. The van der Waals surface area contributed by atoms with Gasteiger partial charge in [-0.15, -0.1) is 0 Å². The molecule has 2 aromatic rings. The van der Waals surface area contributed by atoms with E-state index in [0.717, 1.165) is 11.1 Å². The maximum absolute atomic E-state index is 11.6. The molecule has 19 heavy (non-hydrogen) atoms. The van der Waals surface area contributed by atoms with Crippen molar-refractivity contribution in [1.29, 1.82) is 0 Å². The van der Waals surface area contributed by atoms with E-state index in [-0.39, 0.29) is 12.5 Å². The van der Waals surface area contributed by atoms with Crippen LogP contribution < -0.4 is 10.1 Å². The number of amides is 1. The normalized spacial score (nSPS) is 10.2. The van der Waals surface area contributed by atoms with Gasteiger partial charge in [0.25, 0.3) is 5.91 Å². The average Bonchev–Trinajstić information content (AvgIpc) is 2.86. The number of H-pyrrole nitrogens is 1. The summed E-state index contributed by atoms with van der Waals surface area (Å²) in [5.41, 5.74) is 2.22. The lowest BCUT2D eigenvalue weighted by atomic mass is 10.1. The van der Waals surface area contributed by atoms with E-state index in [1.165, 1.54) is 6.33 Å². The van der Waals surface area contributed by atoms with Gasteiger partial charge in [-0.3, -0.25) is 9.89 Å². The topological polar surface area (TPSA) is 79.9 Å². The van der Waals surface area contributed by atoms with E-state index < -0.39 is 0 Å². The van der Waals surface area contributed by atoms with Gasteiger partial charge in [-0.1, -0.05) is 6.07 Å². The van der Waals surface area contributed by atoms with Gasteiger partial charge in [0.15, 0.2) is 6.61 Å². The smallest absolute Gasteiger partial charge is 0.258 e. The second-order valence-electron chi connectivity index (χ2n) is 4.32. The van der Waals surface area contributed by atoms with E-state index in [1.807, 2.05) is 26.0 Å². The van der Waals surface area contributed by atoms with Crippen molar-refractivity contribution in [3.8, 4) is 5.75 Å². The largest absolute Gasteiger partial charge is 0.484 e. The second-order valence-corrected chi connectivity index (χ2v) is 4.32. The number of benzene rings is 1. The fourth-order valence-electron chi connectivity index (χ4n) is 1.71. The first-order valence-electron chi connectivity index (χ1n) is 5.95. The van der Waals surface area contributed by atoms with Crippen LogP contribution in [0, 0.1) is 13.8 Å². The van der Waals surface area contributed by atoms with Gasteiger partial charge in [-0.2, -0.15) is 5.10 Å². The van der Waals surface area contributed by atoms with Crippen molar-refractivity contribution in [2.24, 2.45) is 0 Å². The van der Waals surface area contributed by atoms with E-state index in [0.29, 0.717) is 18.1 Å². The Morgan fingerprint density at radius 3 is 2.68 bits per heavy atom. The van der Waals surface area contributed by atoms with Crippen LogP contribution in [0.3, 0.4) is 0 Å². The lowest BCUT2D eigenvalue weighted by Gasteiger charge is -2.08. The van der Waals surface area contributed by atoms with Crippen LogP contribution in [0.2, 0.25) is 0 Å². The second kappa shape index (κ2) is 5.99. The number of nitrogens with one attached hydrogen (secondary N) is 2. The summed E-state index contributed by atoms with van der Waals surface area (Å²) in [6.07, 6.45) is 1.40. The SMILES string of the molecule is Cc1cc(C)cc(OCC(=O)NCc2ncn[nH]2)c1. The minimum absolute atomic E-state index is 0.0168. The molecule has 0 saturated carbocycles. The van der Waals surface area contributed by atoms with Crippen LogP contribution >= 0.6 is 0 Å². The number of ether oxygens (including phenoxy) is 1. The van der Waals surface area contributed by atoms with Crippen LogP contribution in [0.15, 0.2) is 24.5 Å². The molecule has 1 heterocycles. The van der Waals surface area contributed by atoms with Gasteiger partial charge < -0.3 is 10.1 Å². The number of aromatic amines is 1. The number of hydrogen-bond donors (Lipinski definition) is 2. The highest BCUT2D eigenvalue weighted by molar-refractivity contribution is 5.77. The van der Waals surface area contributed by atoms with E-state index >= 15 is 0 Å². The molecule has 0 saturated heterocycles. The van der Waals surface area contributed by atoms with Crippen molar-refractivity contribution in [2.75, 3.05) is 6.61 Å². The van der Waals surface area contributed by atoms with Crippen LogP contribution in [0.25, 0.3) is 0 Å². The molecule has 2 N–H and O–H groups in total. The molecule has 2 rings (SSSR count). The molecule has 0 radical (unpaired) electrons. The first-order valence-corrected chi connectivity index (χ1v) is 5.95. The van der Waals surface area contributed by atoms with Crippen molar-refractivity contribution < 1.29 is 9.53 Å². The monoisotopic (exact) mass is 260 g/mol. The molecular formula is C13H16N4O2. The highest BCUT2D eigenvalue weighted by Gasteiger charge is 2.04. The first kappa shape index (κ1) is 13.1. The standard InChI is InChI=1S/C13H16N4O2/c1-9-3-10(2)5-11(4-9)19-7-13(18)14-6-12-15-8-16-17-12/h3-5,8H,6-7H2,1-2H3,(H,14,18)(H,15,16,17). The van der Waals surface area contributed by atoms with Gasteiger partial charge in [0.1, 0.15) is 17.9 Å². The summed E-state index contributed by atoms with van der Waals surface area (Å²) < 4.78 is 5.44. The van der Waals surface area contributed by atoms with Crippen LogP contribution in [0.5, 0.6) is 5.75 Å². The van der Waals surface area contributed by atoms with E-state index in [2.05, 4.69) is 26.6 Å². The third-order valence-electron chi connectivity index (χ3n) is 2.48. The van der Waals surface area contributed by atoms with Gasteiger partial charge in [0.05, 0.1) is 6.54 Å². The predicted molar refractivity (Wildman–Crippen MR) is 69.6 cm³/mol. The minimum Gasteiger partial charge on any atom is -0.484 e. The molecule has 100 valence electrons. The molecule has 0 unspecified atom stereocenters. The van der Waals surface area contributed by atoms with Gasteiger partial charge in [0, 0.05) is 0 Å². The molecule has 0 spiro atoms. The van der Waals surface area contributed by atoms with Crippen LogP contribution in [-0.2, 0) is 11.3 Å². The van der Waals surface area contributed by atoms with Crippen LogP contribution in [-0.4, -0.2) is 27.7 Å². The highest BCUT2D eigenvalue weighted by atomic mass is 16.5. The zero-order chi connectivity index (χ0) is 13.7. The quantitative estimate of drug-likeness (QED) is 0.844. The fourth-order valence-corrected chi connectivity index (χ4v) is 1.71. The number of aryl methyl sites for hydroxylation is 2. The number of carbonyl (C=O) groups is 1. The molecule has 1 aromatic heterocycles. The zero-order valence-corrected chi connectivity index (χ0v) is 10.9. The van der Waals surface area contributed by atoms with Gasteiger partial charge >= 0.3 is 0 Å². The Bertz CT molecular complexity index is 532. The Morgan fingerprint density at radius 2 is 2.05 bits per heavy atom. The molecule has 0 aliphatic carbocycles. The Balaban J connectivity index is 1.79. The molecule has 0 bridgehead atoms. The third-order valence-corrected chi connectivity index (χ3v) is 2.48. The van der Waals surface area contributed by atoms with Crippen molar-refractivity contribution in [1.82, 2.24) is 20.5 Å². The summed E-state index contributed by atoms with van der Waals surface area (Å²) in [7, 11) is 0. The molecular weight excluding hydrogens is 244 g/mol. The minimum atomic E-state index is -0.199. The van der Waals surface area contributed by atoms with Gasteiger partial charge in [-0.25, -0.2) is 4.98 Å². The number of aromatic nitrogens is 3. The summed E-state index contributed by atoms with van der Waals surface area (Å²) >= 11 is 0. The summed E-state index contributed by atoms with van der Waals surface area (Å²) in [5, 5.41) is 9.05. The van der Waals surface area contributed by atoms with E-state index in [4.69, 9.17) is 4.74 Å². The summed E-state index contributed by atoms with van der Waals surface area (Å²) in [4.78, 5) is 15.5. The maximum Gasteiger partial charge on any atom is 0.258 e. The number of rotatable bonds is 5. The number of carbonyl (C=O) groups excluding carboxylic acids is 1. The lowest BCUT2D eigenvalue weighted by Crippen LogP contribution is -2.28. The van der Waals surface area contributed by atoms with Crippen LogP contribution in [0.1, 0.15) is 17.0 Å². The molecule has 1 aromatic carbocycles. The van der Waals surface area contributed by atoms with Crippen molar-refractivity contribution >= 4 is 5.91 Å². The predicted octanol–water partition coefficient (Wildman–Crippen LogP) is 1.12.